The maximum atomic E-state index is 5.67. The van der Waals surface area contributed by atoms with E-state index in [0.717, 1.165) is 52.9 Å². The van der Waals surface area contributed by atoms with E-state index in [2.05, 4.69) is 34.9 Å². The second kappa shape index (κ2) is 7.45. The van der Waals surface area contributed by atoms with Gasteiger partial charge in [0, 0.05) is 12.2 Å². The first kappa shape index (κ1) is 20.3. The highest BCUT2D eigenvalue weighted by atomic mass is 32.1. The smallest absolute Gasteiger partial charge is 0.170 e. The highest BCUT2D eigenvalue weighted by Crippen LogP contribution is 2.62. The third-order valence-electron chi connectivity index (χ3n) is 10.9. The number of thiocarbonyl (C=S) groups is 1. The quantitative estimate of drug-likeness (QED) is 0.472. The summed E-state index contributed by atoms with van der Waals surface area (Å²) in [6, 6.07) is 9.38. The van der Waals surface area contributed by atoms with Gasteiger partial charge in [0.15, 0.2) is 5.11 Å². The molecule has 3 heteroatoms. The Hall–Kier alpha value is -1.09. The molecule has 172 valence electrons. The predicted molar refractivity (Wildman–Crippen MR) is 136 cm³/mol. The van der Waals surface area contributed by atoms with Gasteiger partial charge in [-0.25, -0.2) is 0 Å². The fraction of sp³-hybridized carbons (Fsp3) is 0.759. The van der Waals surface area contributed by atoms with E-state index in [4.69, 9.17) is 12.2 Å². The topological polar surface area (TPSA) is 24.1 Å². The van der Waals surface area contributed by atoms with Crippen LogP contribution in [0.25, 0.3) is 0 Å². The van der Waals surface area contributed by atoms with Crippen LogP contribution in [-0.4, -0.2) is 11.7 Å². The summed E-state index contributed by atoms with van der Waals surface area (Å²) >= 11 is 5.67. The maximum absolute atomic E-state index is 5.67. The van der Waals surface area contributed by atoms with Crippen molar-refractivity contribution in [3.05, 3.63) is 29.8 Å². The van der Waals surface area contributed by atoms with Gasteiger partial charge in [-0.05, 0) is 160 Å². The second-order valence-corrected chi connectivity index (χ2v) is 13.7. The summed E-state index contributed by atoms with van der Waals surface area (Å²) in [5, 5.41) is 7.82. The first-order chi connectivity index (χ1) is 15.5. The number of hydrogen-bond acceptors (Lipinski definition) is 1. The Bertz CT molecular complexity index is 816. The summed E-state index contributed by atoms with van der Waals surface area (Å²) in [5.41, 5.74) is 3.87. The van der Waals surface area contributed by atoms with Gasteiger partial charge in [-0.15, -0.1) is 0 Å². The van der Waals surface area contributed by atoms with Crippen LogP contribution in [-0.2, 0) is 5.41 Å². The Labute approximate surface area is 199 Å². The third-order valence-corrected chi connectivity index (χ3v) is 11.1. The number of nitrogens with one attached hydrogen (secondary N) is 2. The average Bonchev–Trinajstić information content (AvgIpc) is 2.72. The van der Waals surface area contributed by atoms with E-state index in [0.29, 0.717) is 10.8 Å². The average molecular weight is 449 g/mol. The Kier molecular flexibility index (Phi) is 4.73. The minimum atomic E-state index is 0.490. The van der Waals surface area contributed by atoms with Crippen molar-refractivity contribution in [1.29, 1.82) is 0 Å². The minimum absolute atomic E-state index is 0.490. The van der Waals surface area contributed by atoms with Crippen LogP contribution in [0.15, 0.2) is 24.3 Å². The summed E-state index contributed by atoms with van der Waals surface area (Å²) in [6.07, 6.45) is 19.3. The molecule has 0 radical (unpaired) electrons. The molecule has 0 spiro atoms. The van der Waals surface area contributed by atoms with E-state index in [1.54, 1.807) is 5.56 Å². The zero-order chi connectivity index (χ0) is 21.3. The molecule has 8 fully saturated rings. The van der Waals surface area contributed by atoms with Crippen LogP contribution in [0.5, 0.6) is 0 Å². The highest BCUT2D eigenvalue weighted by Gasteiger charge is 2.52. The first-order valence-electron chi connectivity index (χ1n) is 13.7. The van der Waals surface area contributed by atoms with Gasteiger partial charge < -0.3 is 10.6 Å². The van der Waals surface area contributed by atoms with Gasteiger partial charge in [0.1, 0.15) is 0 Å². The molecule has 2 N–H and O–H groups in total. The fourth-order valence-corrected chi connectivity index (χ4v) is 10.8. The second-order valence-electron chi connectivity index (χ2n) is 13.3. The van der Waals surface area contributed by atoms with Crippen LogP contribution < -0.4 is 10.6 Å². The molecule has 8 saturated carbocycles. The van der Waals surface area contributed by atoms with Crippen molar-refractivity contribution < 1.29 is 0 Å². The Balaban J connectivity index is 0.942. The monoisotopic (exact) mass is 448 g/mol. The maximum Gasteiger partial charge on any atom is 0.170 e. The van der Waals surface area contributed by atoms with Crippen molar-refractivity contribution in [2.24, 2.45) is 40.9 Å². The largest absolute Gasteiger partial charge is 0.362 e. The Morgan fingerprint density at radius 3 is 1.69 bits per heavy atom. The Morgan fingerprint density at radius 1 is 0.719 bits per heavy atom. The molecular formula is C29H40N2S. The van der Waals surface area contributed by atoms with Gasteiger partial charge in [-0.3, -0.25) is 0 Å². The van der Waals surface area contributed by atoms with E-state index in [1.165, 1.54) is 83.5 Å². The lowest BCUT2D eigenvalue weighted by Crippen LogP contribution is -2.48. The van der Waals surface area contributed by atoms with E-state index < -0.39 is 0 Å². The van der Waals surface area contributed by atoms with Gasteiger partial charge in [0.05, 0.1) is 0 Å². The molecule has 1 aromatic rings. The molecule has 0 aromatic heterocycles. The number of benzene rings is 1. The van der Waals surface area contributed by atoms with Gasteiger partial charge >= 0.3 is 0 Å². The van der Waals surface area contributed by atoms with Gasteiger partial charge in [0.25, 0.3) is 0 Å². The molecule has 9 rings (SSSR count). The molecule has 2 nitrogen and oxygen atoms in total. The van der Waals surface area contributed by atoms with E-state index >= 15 is 0 Å². The SMILES string of the molecule is S=C(NCCC12CC3CC(CC(C3)C1)C2)Nc1ccc(C23CC4CC(CC(C4)C2)C3)cc1. The lowest BCUT2D eigenvalue weighted by Gasteiger charge is -2.57. The van der Waals surface area contributed by atoms with Crippen molar-refractivity contribution in [3.8, 4) is 0 Å². The molecule has 0 atom stereocenters. The van der Waals surface area contributed by atoms with Crippen molar-refractivity contribution >= 4 is 23.0 Å². The van der Waals surface area contributed by atoms with Crippen LogP contribution in [0.3, 0.4) is 0 Å². The van der Waals surface area contributed by atoms with Crippen molar-refractivity contribution in [2.45, 2.75) is 88.9 Å². The van der Waals surface area contributed by atoms with Crippen LogP contribution in [0.4, 0.5) is 5.69 Å². The van der Waals surface area contributed by atoms with Crippen LogP contribution in [0.1, 0.15) is 89.0 Å². The van der Waals surface area contributed by atoms with Crippen LogP contribution in [0.2, 0.25) is 0 Å². The molecule has 32 heavy (non-hydrogen) atoms. The normalized spacial score (nSPS) is 45.2. The summed E-state index contributed by atoms with van der Waals surface area (Å²) in [6.45, 7) is 1.03. The molecule has 0 amide bonds. The molecule has 0 unspecified atom stereocenters. The molecule has 0 saturated heterocycles. The van der Waals surface area contributed by atoms with E-state index in [1.807, 2.05) is 0 Å². The molecular weight excluding hydrogens is 408 g/mol. The van der Waals surface area contributed by atoms with Gasteiger partial charge in [-0.1, -0.05) is 12.1 Å². The zero-order valence-electron chi connectivity index (χ0n) is 19.6. The molecule has 0 aliphatic heterocycles. The molecule has 8 aliphatic rings. The van der Waals surface area contributed by atoms with E-state index in [-0.39, 0.29) is 0 Å². The molecule has 8 bridgehead atoms. The molecule has 8 aliphatic carbocycles. The van der Waals surface area contributed by atoms with Gasteiger partial charge in [0.2, 0.25) is 0 Å². The summed E-state index contributed by atoms with van der Waals surface area (Å²) in [7, 11) is 0. The van der Waals surface area contributed by atoms with Gasteiger partial charge in [-0.2, -0.15) is 0 Å². The van der Waals surface area contributed by atoms with Crippen molar-refractivity contribution in [3.63, 3.8) is 0 Å². The summed E-state index contributed by atoms with van der Waals surface area (Å²) in [5.74, 6) is 6.14. The summed E-state index contributed by atoms with van der Waals surface area (Å²) in [4.78, 5) is 0. The van der Waals surface area contributed by atoms with Crippen molar-refractivity contribution in [1.82, 2.24) is 5.32 Å². The van der Waals surface area contributed by atoms with Crippen molar-refractivity contribution in [2.75, 3.05) is 11.9 Å². The standard InChI is InChI=1S/C29H40N2S/c32-27(30-6-5-28-13-19-7-20(14-28)9-21(8-19)15-28)31-26-3-1-25(2-4-26)29-16-22-10-23(17-29)12-24(11-22)18-29/h1-4,19-24H,5-18H2,(H2,30,31,32). The third kappa shape index (κ3) is 3.53. The number of hydrogen-bond donors (Lipinski definition) is 2. The first-order valence-corrected chi connectivity index (χ1v) is 14.1. The number of rotatable bonds is 5. The lowest BCUT2D eigenvalue weighted by atomic mass is 9.48. The number of anilines is 1. The summed E-state index contributed by atoms with van der Waals surface area (Å²) < 4.78 is 0. The van der Waals surface area contributed by atoms with Crippen LogP contribution >= 0.6 is 12.2 Å². The molecule has 1 aromatic carbocycles. The minimum Gasteiger partial charge on any atom is -0.362 e. The molecule has 0 heterocycles. The fourth-order valence-electron chi connectivity index (χ4n) is 10.6. The highest BCUT2D eigenvalue weighted by molar-refractivity contribution is 7.80. The van der Waals surface area contributed by atoms with Crippen LogP contribution in [0, 0.1) is 40.9 Å². The van der Waals surface area contributed by atoms with E-state index in [9.17, 15) is 0 Å². The Morgan fingerprint density at radius 2 is 1.19 bits per heavy atom. The lowest BCUT2D eigenvalue weighted by molar-refractivity contribution is -0.0562. The zero-order valence-corrected chi connectivity index (χ0v) is 20.4. The predicted octanol–water partition coefficient (Wildman–Crippen LogP) is 7.05.